The van der Waals surface area contributed by atoms with Gasteiger partial charge >= 0.3 is 0 Å². The van der Waals surface area contributed by atoms with Crippen molar-refractivity contribution in [2.24, 2.45) is 5.41 Å². The van der Waals surface area contributed by atoms with Gasteiger partial charge in [-0.1, -0.05) is 20.3 Å². The third-order valence-corrected chi connectivity index (χ3v) is 3.38. The second-order valence-corrected chi connectivity index (χ2v) is 4.87. The summed E-state index contributed by atoms with van der Waals surface area (Å²) in [6.07, 6.45) is 7.63. The number of hydrogen-bond donors (Lipinski definition) is 1. The molecule has 1 aliphatic carbocycles. The first-order valence-corrected chi connectivity index (χ1v) is 5.27. The van der Waals surface area contributed by atoms with Crippen LogP contribution in [0.5, 0.6) is 0 Å². The van der Waals surface area contributed by atoms with E-state index in [1.54, 1.807) is 0 Å². The minimum absolute atomic E-state index is 0.0418. The van der Waals surface area contributed by atoms with Gasteiger partial charge in [0.1, 0.15) is 0 Å². The van der Waals surface area contributed by atoms with E-state index in [1.807, 2.05) is 12.5 Å². The molecular weight excluding hydrogens is 176 g/mol. The highest BCUT2D eigenvalue weighted by Gasteiger charge is 2.35. The van der Waals surface area contributed by atoms with Crippen molar-refractivity contribution in [3.05, 3.63) is 18.2 Å². The Hall–Kier alpha value is -0.830. The third-order valence-electron chi connectivity index (χ3n) is 3.38. The van der Waals surface area contributed by atoms with Crippen LogP contribution in [0, 0.1) is 5.41 Å². The zero-order valence-electron chi connectivity index (χ0n) is 8.90. The van der Waals surface area contributed by atoms with Gasteiger partial charge in [-0.3, -0.25) is 0 Å². The standard InChI is InChI=1S/C11H18N2O/c1-11(2)5-3-4-10(11)13-6-9(7-14)12-8-13/h6,8,10,14H,3-5,7H2,1-2H3. The van der Waals surface area contributed by atoms with Crippen molar-refractivity contribution < 1.29 is 5.11 Å². The molecular formula is C11H18N2O. The van der Waals surface area contributed by atoms with E-state index < -0.39 is 0 Å². The summed E-state index contributed by atoms with van der Waals surface area (Å²) in [5, 5.41) is 8.95. The molecule has 1 fully saturated rings. The first kappa shape index (κ1) is 9.71. The zero-order valence-corrected chi connectivity index (χ0v) is 8.90. The van der Waals surface area contributed by atoms with Gasteiger partial charge in [0.25, 0.3) is 0 Å². The average Bonchev–Trinajstić information content (AvgIpc) is 2.70. The smallest absolute Gasteiger partial charge is 0.0953 e. The summed E-state index contributed by atoms with van der Waals surface area (Å²) < 4.78 is 2.17. The quantitative estimate of drug-likeness (QED) is 0.783. The normalized spacial score (nSPS) is 25.5. The zero-order chi connectivity index (χ0) is 10.2. The molecule has 0 saturated heterocycles. The first-order valence-electron chi connectivity index (χ1n) is 5.27. The predicted molar refractivity (Wildman–Crippen MR) is 54.8 cm³/mol. The van der Waals surface area contributed by atoms with Crippen LogP contribution in [0.1, 0.15) is 44.8 Å². The Morgan fingerprint density at radius 3 is 2.93 bits per heavy atom. The van der Waals surface area contributed by atoms with Crippen LogP contribution in [-0.2, 0) is 6.61 Å². The second kappa shape index (κ2) is 3.39. The molecule has 1 heterocycles. The van der Waals surface area contributed by atoms with E-state index in [2.05, 4.69) is 23.4 Å². The van der Waals surface area contributed by atoms with Crippen molar-refractivity contribution in [1.29, 1.82) is 0 Å². The molecule has 1 aliphatic rings. The van der Waals surface area contributed by atoms with Gasteiger partial charge in [0.2, 0.25) is 0 Å². The molecule has 78 valence electrons. The van der Waals surface area contributed by atoms with Crippen LogP contribution in [0.25, 0.3) is 0 Å². The summed E-state index contributed by atoms with van der Waals surface area (Å²) in [6.45, 7) is 4.66. The van der Waals surface area contributed by atoms with Gasteiger partial charge < -0.3 is 9.67 Å². The molecule has 3 heteroatoms. The number of aliphatic hydroxyl groups is 1. The van der Waals surface area contributed by atoms with E-state index in [0.29, 0.717) is 11.5 Å². The van der Waals surface area contributed by atoms with E-state index in [9.17, 15) is 0 Å². The molecule has 1 unspecified atom stereocenters. The first-order chi connectivity index (χ1) is 6.63. The van der Waals surface area contributed by atoms with Crippen LogP contribution in [0.4, 0.5) is 0 Å². The minimum atomic E-state index is 0.0418. The van der Waals surface area contributed by atoms with Crippen molar-refractivity contribution in [3.63, 3.8) is 0 Å². The largest absolute Gasteiger partial charge is 0.390 e. The second-order valence-electron chi connectivity index (χ2n) is 4.87. The molecule has 1 N–H and O–H groups in total. The number of nitrogens with zero attached hydrogens (tertiary/aromatic N) is 2. The molecule has 1 atom stereocenters. The summed E-state index contributed by atoms with van der Waals surface area (Å²) in [5.41, 5.74) is 1.14. The molecule has 0 bridgehead atoms. The Morgan fingerprint density at radius 2 is 2.43 bits per heavy atom. The number of aliphatic hydroxyl groups excluding tert-OH is 1. The fourth-order valence-corrected chi connectivity index (χ4v) is 2.49. The molecule has 0 aromatic carbocycles. The Balaban J connectivity index is 2.22. The Bertz CT molecular complexity index is 317. The maximum atomic E-state index is 8.95. The van der Waals surface area contributed by atoms with Gasteiger partial charge in [-0.2, -0.15) is 0 Å². The van der Waals surface area contributed by atoms with E-state index in [0.717, 1.165) is 5.69 Å². The number of hydrogen-bond acceptors (Lipinski definition) is 2. The summed E-state index contributed by atoms with van der Waals surface area (Å²) >= 11 is 0. The highest BCUT2D eigenvalue weighted by atomic mass is 16.3. The van der Waals surface area contributed by atoms with E-state index in [1.165, 1.54) is 19.3 Å². The maximum absolute atomic E-state index is 8.95. The summed E-state index contributed by atoms with van der Waals surface area (Å²) in [6, 6.07) is 0.551. The van der Waals surface area contributed by atoms with Crippen LogP contribution >= 0.6 is 0 Å². The van der Waals surface area contributed by atoms with Gasteiger partial charge in [0, 0.05) is 12.2 Å². The molecule has 1 aromatic heterocycles. The highest BCUT2D eigenvalue weighted by Crippen LogP contribution is 2.45. The Kier molecular flexibility index (Phi) is 2.35. The molecule has 1 aromatic rings. The lowest BCUT2D eigenvalue weighted by Gasteiger charge is -2.27. The summed E-state index contributed by atoms with van der Waals surface area (Å²) in [7, 11) is 0. The van der Waals surface area contributed by atoms with Crippen molar-refractivity contribution in [3.8, 4) is 0 Å². The van der Waals surface area contributed by atoms with Gasteiger partial charge in [0.15, 0.2) is 0 Å². The third kappa shape index (κ3) is 1.57. The van der Waals surface area contributed by atoms with Gasteiger partial charge in [-0.05, 0) is 18.3 Å². The van der Waals surface area contributed by atoms with E-state index in [-0.39, 0.29) is 6.61 Å². The molecule has 14 heavy (non-hydrogen) atoms. The maximum Gasteiger partial charge on any atom is 0.0953 e. The van der Waals surface area contributed by atoms with Crippen molar-refractivity contribution in [1.82, 2.24) is 9.55 Å². The molecule has 0 amide bonds. The lowest BCUT2D eigenvalue weighted by molar-refractivity contribution is 0.258. The summed E-state index contributed by atoms with van der Waals surface area (Å²) in [4.78, 5) is 4.16. The molecule has 0 aliphatic heterocycles. The van der Waals surface area contributed by atoms with Crippen LogP contribution in [0.2, 0.25) is 0 Å². The molecule has 3 nitrogen and oxygen atoms in total. The van der Waals surface area contributed by atoms with Crippen LogP contribution in [-0.4, -0.2) is 14.7 Å². The highest BCUT2D eigenvalue weighted by molar-refractivity contribution is 5.00. The van der Waals surface area contributed by atoms with Crippen LogP contribution < -0.4 is 0 Å². The minimum Gasteiger partial charge on any atom is -0.390 e. The van der Waals surface area contributed by atoms with E-state index >= 15 is 0 Å². The topological polar surface area (TPSA) is 38.0 Å². The lowest BCUT2D eigenvalue weighted by Crippen LogP contribution is -2.20. The van der Waals surface area contributed by atoms with Crippen LogP contribution in [0.3, 0.4) is 0 Å². The van der Waals surface area contributed by atoms with Gasteiger partial charge in [-0.25, -0.2) is 4.98 Å². The monoisotopic (exact) mass is 194 g/mol. The molecule has 2 rings (SSSR count). The van der Waals surface area contributed by atoms with Crippen molar-refractivity contribution >= 4 is 0 Å². The number of aromatic nitrogens is 2. The lowest BCUT2D eigenvalue weighted by atomic mass is 9.87. The molecule has 1 saturated carbocycles. The van der Waals surface area contributed by atoms with Crippen LogP contribution in [0.15, 0.2) is 12.5 Å². The number of imidazole rings is 1. The fraction of sp³-hybridized carbons (Fsp3) is 0.727. The SMILES string of the molecule is CC1(C)CCCC1n1cnc(CO)c1. The Morgan fingerprint density at radius 1 is 1.64 bits per heavy atom. The van der Waals surface area contributed by atoms with Crippen molar-refractivity contribution in [2.45, 2.75) is 45.8 Å². The molecule has 0 radical (unpaired) electrons. The Labute approximate surface area is 84.8 Å². The molecule has 0 spiro atoms. The predicted octanol–water partition coefficient (Wildman–Crippen LogP) is 2.13. The van der Waals surface area contributed by atoms with E-state index in [4.69, 9.17) is 5.11 Å². The van der Waals surface area contributed by atoms with Gasteiger partial charge in [0.05, 0.1) is 18.6 Å². The summed E-state index contributed by atoms with van der Waals surface area (Å²) in [5.74, 6) is 0. The van der Waals surface area contributed by atoms with Gasteiger partial charge in [-0.15, -0.1) is 0 Å². The van der Waals surface area contributed by atoms with Crippen molar-refractivity contribution in [2.75, 3.05) is 0 Å². The number of rotatable bonds is 2. The average molecular weight is 194 g/mol. The fourth-order valence-electron chi connectivity index (χ4n) is 2.49.